The van der Waals surface area contributed by atoms with Gasteiger partial charge in [-0.05, 0) is 25.5 Å². The quantitative estimate of drug-likeness (QED) is 0.736. The molecule has 2 rings (SSSR count). The zero-order chi connectivity index (χ0) is 12.4. The summed E-state index contributed by atoms with van der Waals surface area (Å²) in [4.78, 5) is 11.8. The Bertz CT molecular complexity index is 559. The van der Waals surface area contributed by atoms with Crippen molar-refractivity contribution in [3.05, 3.63) is 41.1 Å². The zero-order valence-corrected chi connectivity index (χ0v) is 9.74. The number of aryl methyl sites for hydroxylation is 2. The van der Waals surface area contributed by atoms with Gasteiger partial charge in [-0.15, -0.1) is 0 Å². The molecule has 88 valence electrons. The summed E-state index contributed by atoms with van der Waals surface area (Å²) in [6.45, 7) is 3.96. The highest BCUT2D eigenvalue weighted by Crippen LogP contribution is 2.16. The molecule has 0 saturated heterocycles. The number of benzene rings is 1. The van der Waals surface area contributed by atoms with Crippen LogP contribution in [0.25, 0.3) is 0 Å². The fourth-order valence-corrected chi connectivity index (χ4v) is 1.60. The van der Waals surface area contributed by atoms with E-state index in [-0.39, 0.29) is 5.91 Å². The maximum absolute atomic E-state index is 11.8. The van der Waals surface area contributed by atoms with Crippen LogP contribution in [0.5, 0.6) is 0 Å². The SMILES string of the molecule is Cc1ccc(NC(=O)c2cc(N)n[nH]2)c(C)c1. The summed E-state index contributed by atoms with van der Waals surface area (Å²) >= 11 is 0. The van der Waals surface area contributed by atoms with Gasteiger partial charge >= 0.3 is 0 Å². The molecule has 0 aliphatic rings. The minimum absolute atomic E-state index is 0.249. The van der Waals surface area contributed by atoms with E-state index < -0.39 is 0 Å². The van der Waals surface area contributed by atoms with Crippen LogP contribution in [-0.4, -0.2) is 16.1 Å². The molecule has 0 spiro atoms. The lowest BCUT2D eigenvalue weighted by molar-refractivity contribution is 0.102. The van der Waals surface area contributed by atoms with Crippen LogP contribution in [0, 0.1) is 13.8 Å². The van der Waals surface area contributed by atoms with E-state index in [0.29, 0.717) is 11.5 Å². The smallest absolute Gasteiger partial charge is 0.273 e. The number of carbonyl (C=O) groups is 1. The van der Waals surface area contributed by atoms with Gasteiger partial charge in [0.1, 0.15) is 11.5 Å². The van der Waals surface area contributed by atoms with E-state index in [1.165, 1.54) is 6.07 Å². The molecule has 0 saturated carbocycles. The number of nitrogens with one attached hydrogen (secondary N) is 2. The lowest BCUT2D eigenvalue weighted by atomic mass is 10.1. The molecule has 0 aliphatic heterocycles. The first-order valence-corrected chi connectivity index (χ1v) is 5.26. The van der Waals surface area contributed by atoms with Crippen LogP contribution in [0.15, 0.2) is 24.3 Å². The van der Waals surface area contributed by atoms with Crippen molar-refractivity contribution in [1.29, 1.82) is 0 Å². The Labute approximate surface area is 99.0 Å². The van der Waals surface area contributed by atoms with Crippen LogP contribution in [0.1, 0.15) is 21.6 Å². The predicted molar refractivity (Wildman–Crippen MR) is 66.9 cm³/mol. The van der Waals surface area contributed by atoms with Crippen molar-refractivity contribution in [2.45, 2.75) is 13.8 Å². The summed E-state index contributed by atoms with van der Waals surface area (Å²) < 4.78 is 0. The molecule has 0 bridgehead atoms. The number of nitrogen functional groups attached to an aromatic ring is 1. The van der Waals surface area contributed by atoms with E-state index >= 15 is 0 Å². The van der Waals surface area contributed by atoms with E-state index in [9.17, 15) is 4.79 Å². The fourth-order valence-electron chi connectivity index (χ4n) is 1.60. The number of nitrogens with two attached hydrogens (primary N) is 1. The van der Waals surface area contributed by atoms with E-state index in [1.54, 1.807) is 0 Å². The molecule has 0 radical (unpaired) electrons. The highest BCUT2D eigenvalue weighted by Gasteiger charge is 2.10. The van der Waals surface area contributed by atoms with Gasteiger partial charge in [0.2, 0.25) is 0 Å². The zero-order valence-electron chi connectivity index (χ0n) is 9.74. The van der Waals surface area contributed by atoms with Crippen molar-refractivity contribution in [1.82, 2.24) is 10.2 Å². The average Bonchev–Trinajstić information content (AvgIpc) is 2.69. The van der Waals surface area contributed by atoms with Gasteiger partial charge in [-0.2, -0.15) is 5.10 Å². The highest BCUT2D eigenvalue weighted by atomic mass is 16.1. The molecule has 5 nitrogen and oxygen atoms in total. The van der Waals surface area contributed by atoms with Crippen molar-refractivity contribution in [2.24, 2.45) is 0 Å². The normalized spacial score (nSPS) is 10.2. The molecule has 1 aromatic heterocycles. The van der Waals surface area contributed by atoms with Crippen LogP contribution < -0.4 is 11.1 Å². The third-order valence-electron chi connectivity index (χ3n) is 2.47. The Kier molecular flexibility index (Phi) is 2.82. The number of aromatic amines is 1. The number of amides is 1. The monoisotopic (exact) mass is 230 g/mol. The lowest BCUT2D eigenvalue weighted by Gasteiger charge is -2.07. The van der Waals surface area contributed by atoms with Crippen LogP contribution in [-0.2, 0) is 0 Å². The molecule has 0 unspecified atom stereocenters. The van der Waals surface area contributed by atoms with Gasteiger partial charge < -0.3 is 11.1 Å². The summed E-state index contributed by atoms with van der Waals surface area (Å²) in [5.74, 6) is 0.0527. The number of hydrogen-bond donors (Lipinski definition) is 3. The van der Waals surface area contributed by atoms with Gasteiger partial charge in [0.05, 0.1) is 0 Å². The molecule has 0 fully saturated rings. The third-order valence-corrected chi connectivity index (χ3v) is 2.47. The first-order valence-electron chi connectivity index (χ1n) is 5.26. The number of carbonyl (C=O) groups excluding carboxylic acids is 1. The average molecular weight is 230 g/mol. The van der Waals surface area contributed by atoms with Gasteiger partial charge in [-0.1, -0.05) is 17.7 Å². The number of H-pyrrole nitrogens is 1. The Hall–Kier alpha value is -2.30. The van der Waals surface area contributed by atoms with Gasteiger partial charge in [0.15, 0.2) is 0 Å². The van der Waals surface area contributed by atoms with Crippen molar-refractivity contribution in [3.63, 3.8) is 0 Å². The number of anilines is 2. The molecule has 1 aromatic carbocycles. The van der Waals surface area contributed by atoms with Crippen molar-refractivity contribution in [3.8, 4) is 0 Å². The summed E-state index contributed by atoms with van der Waals surface area (Å²) in [6.07, 6.45) is 0. The summed E-state index contributed by atoms with van der Waals surface area (Å²) in [7, 11) is 0. The Morgan fingerprint density at radius 3 is 2.71 bits per heavy atom. The molecule has 17 heavy (non-hydrogen) atoms. The Balaban J connectivity index is 2.18. The molecule has 4 N–H and O–H groups in total. The van der Waals surface area contributed by atoms with E-state index in [1.807, 2.05) is 32.0 Å². The highest BCUT2D eigenvalue weighted by molar-refractivity contribution is 6.03. The number of aromatic nitrogens is 2. The van der Waals surface area contributed by atoms with Crippen LogP contribution in [0.4, 0.5) is 11.5 Å². The summed E-state index contributed by atoms with van der Waals surface area (Å²) in [5, 5.41) is 9.08. The second-order valence-electron chi connectivity index (χ2n) is 3.98. The van der Waals surface area contributed by atoms with Crippen molar-refractivity contribution >= 4 is 17.4 Å². The topological polar surface area (TPSA) is 83.8 Å². The maximum atomic E-state index is 11.8. The molecular formula is C12H14N4O. The van der Waals surface area contributed by atoms with Crippen LogP contribution >= 0.6 is 0 Å². The van der Waals surface area contributed by atoms with Gasteiger partial charge in [-0.3, -0.25) is 9.89 Å². The third kappa shape index (κ3) is 2.44. The van der Waals surface area contributed by atoms with Crippen LogP contribution in [0.3, 0.4) is 0 Å². The predicted octanol–water partition coefficient (Wildman–Crippen LogP) is 1.86. The van der Waals surface area contributed by atoms with Gasteiger partial charge in [0.25, 0.3) is 5.91 Å². The van der Waals surface area contributed by atoms with E-state index in [4.69, 9.17) is 5.73 Å². The lowest BCUT2D eigenvalue weighted by Crippen LogP contribution is -2.13. The molecule has 0 atom stereocenters. The number of rotatable bonds is 2. The van der Waals surface area contributed by atoms with Gasteiger partial charge in [-0.25, -0.2) is 0 Å². The largest absolute Gasteiger partial charge is 0.382 e. The van der Waals surface area contributed by atoms with Crippen molar-refractivity contribution in [2.75, 3.05) is 11.1 Å². The van der Waals surface area contributed by atoms with Crippen LogP contribution in [0.2, 0.25) is 0 Å². The second kappa shape index (κ2) is 4.29. The number of nitrogens with zero attached hydrogens (tertiary/aromatic N) is 1. The Morgan fingerprint density at radius 2 is 2.12 bits per heavy atom. The molecule has 0 aliphatic carbocycles. The molecule has 5 heteroatoms. The van der Waals surface area contributed by atoms with E-state index in [2.05, 4.69) is 15.5 Å². The standard InChI is InChI=1S/C12H14N4O/c1-7-3-4-9(8(2)5-7)14-12(17)10-6-11(13)16-15-10/h3-6H,1-2H3,(H,14,17)(H3,13,15,16). The molecular weight excluding hydrogens is 216 g/mol. The van der Waals surface area contributed by atoms with E-state index in [0.717, 1.165) is 16.8 Å². The minimum atomic E-state index is -0.249. The maximum Gasteiger partial charge on any atom is 0.273 e. The fraction of sp³-hybridized carbons (Fsp3) is 0.167. The molecule has 1 amide bonds. The minimum Gasteiger partial charge on any atom is -0.382 e. The Morgan fingerprint density at radius 1 is 1.35 bits per heavy atom. The van der Waals surface area contributed by atoms with Crippen molar-refractivity contribution < 1.29 is 4.79 Å². The second-order valence-corrected chi connectivity index (χ2v) is 3.98. The first kappa shape index (κ1) is 11.2. The molecule has 2 aromatic rings. The summed E-state index contributed by atoms with van der Waals surface area (Å²) in [5.41, 5.74) is 8.75. The molecule has 1 heterocycles. The van der Waals surface area contributed by atoms with Gasteiger partial charge in [0, 0.05) is 11.8 Å². The first-order chi connectivity index (χ1) is 8.06. The number of hydrogen-bond acceptors (Lipinski definition) is 3. The summed E-state index contributed by atoms with van der Waals surface area (Å²) in [6, 6.07) is 7.34.